The maximum Gasteiger partial charge on any atom is 0.398 e. The van der Waals surface area contributed by atoms with Gasteiger partial charge in [-0.05, 0) is 24.3 Å². The molecule has 0 unspecified atom stereocenters. The van der Waals surface area contributed by atoms with E-state index in [-0.39, 0.29) is 5.69 Å². The highest BCUT2D eigenvalue weighted by atomic mass is 32.2. The van der Waals surface area contributed by atoms with E-state index in [1.807, 2.05) is 18.2 Å². The van der Waals surface area contributed by atoms with Gasteiger partial charge in [-0.15, -0.1) is 23.1 Å². The molecule has 4 nitrogen and oxygen atoms in total. The number of alkyl halides is 3. The van der Waals surface area contributed by atoms with E-state index in [2.05, 4.69) is 10.3 Å². The molecule has 9 heteroatoms. The first-order valence-electron chi connectivity index (χ1n) is 8.06. The number of carbonyl (C=O) groups excluding carboxylic acids is 1. The molecule has 1 amide bonds. The van der Waals surface area contributed by atoms with Gasteiger partial charge in [0.15, 0.2) is 0 Å². The number of nitrogens with zero attached hydrogens (tertiary/aromatic N) is 1. The van der Waals surface area contributed by atoms with Crippen LogP contribution in [0.2, 0.25) is 0 Å². The molecule has 0 spiro atoms. The predicted molar refractivity (Wildman–Crippen MR) is 105 cm³/mol. The molecule has 0 aliphatic rings. The fourth-order valence-electron chi connectivity index (χ4n) is 2.36. The molecule has 0 bridgehead atoms. The number of thiazole rings is 1. The van der Waals surface area contributed by atoms with E-state index >= 15 is 0 Å². The van der Waals surface area contributed by atoms with Gasteiger partial charge >= 0.3 is 6.18 Å². The van der Waals surface area contributed by atoms with Crippen molar-refractivity contribution < 1.29 is 22.7 Å². The van der Waals surface area contributed by atoms with Crippen molar-refractivity contribution in [1.82, 2.24) is 4.98 Å². The summed E-state index contributed by atoms with van der Waals surface area (Å²) in [7, 11) is 1.55. The minimum atomic E-state index is -4.29. The lowest BCUT2D eigenvalue weighted by molar-refractivity contribution is -0.105. The fourth-order valence-corrected chi connectivity index (χ4v) is 3.96. The van der Waals surface area contributed by atoms with Gasteiger partial charge in [0.25, 0.3) is 5.91 Å². The van der Waals surface area contributed by atoms with Crippen molar-refractivity contribution in [1.29, 1.82) is 0 Å². The molecule has 0 aliphatic heterocycles. The number of nitrogens with one attached hydrogen (secondary N) is 1. The van der Waals surface area contributed by atoms with Crippen molar-refractivity contribution in [3.63, 3.8) is 0 Å². The zero-order valence-electron chi connectivity index (χ0n) is 14.6. The lowest BCUT2D eigenvalue weighted by Gasteiger charge is -2.11. The van der Waals surface area contributed by atoms with Crippen molar-refractivity contribution in [2.45, 2.75) is 11.1 Å². The Morgan fingerprint density at radius 3 is 2.64 bits per heavy atom. The van der Waals surface area contributed by atoms with E-state index in [0.717, 1.165) is 5.56 Å². The van der Waals surface area contributed by atoms with E-state index in [4.69, 9.17) is 4.74 Å². The number of rotatable bonds is 6. The molecular weight excluding hydrogens is 409 g/mol. The Labute approximate surface area is 167 Å². The number of thioether (sulfide) groups is 1. The summed E-state index contributed by atoms with van der Waals surface area (Å²) >= 11 is 1.91. The number of hydrogen-bond donors (Lipinski definition) is 1. The highest BCUT2D eigenvalue weighted by molar-refractivity contribution is 7.99. The van der Waals surface area contributed by atoms with Crippen molar-refractivity contribution in [3.05, 3.63) is 59.6 Å². The Morgan fingerprint density at radius 1 is 1.18 bits per heavy atom. The molecule has 1 aromatic heterocycles. The van der Waals surface area contributed by atoms with Crippen LogP contribution in [0.15, 0.2) is 58.8 Å². The van der Waals surface area contributed by atoms with Crippen LogP contribution in [0.3, 0.4) is 0 Å². The average molecular weight is 424 g/mol. The quantitative estimate of drug-likeness (QED) is 0.514. The Kier molecular flexibility index (Phi) is 6.25. The first kappa shape index (κ1) is 20.2. The van der Waals surface area contributed by atoms with Crippen molar-refractivity contribution in [3.8, 4) is 16.3 Å². The van der Waals surface area contributed by atoms with Gasteiger partial charge in [-0.1, -0.05) is 24.3 Å². The molecule has 0 saturated heterocycles. The largest absolute Gasteiger partial charge is 0.496 e. The molecule has 1 N–H and O–H groups in total. The van der Waals surface area contributed by atoms with E-state index in [1.54, 1.807) is 36.8 Å². The third-order valence-corrected chi connectivity index (χ3v) is 5.62. The topological polar surface area (TPSA) is 51.2 Å². The maximum atomic E-state index is 12.5. The number of carbonyl (C=O) groups is 1. The average Bonchev–Trinajstić information content (AvgIpc) is 3.17. The highest BCUT2D eigenvalue weighted by Gasteiger charge is 2.28. The van der Waals surface area contributed by atoms with E-state index in [1.165, 1.54) is 17.4 Å². The molecule has 0 saturated carbocycles. The predicted octanol–water partition coefficient (Wildman–Crippen LogP) is 5.73. The van der Waals surface area contributed by atoms with Gasteiger partial charge in [-0.3, -0.25) is 4.79 Å². The Hall–Kier alpha value is -2.52. The molecule has 1 heterocycles. The highest BCUT2D eigenvalue weighted by Crippen LogP contribution is 2.34. The van der Waals surface area contributed by atoms with E-state index in [9.17, 15) is 18.0 Å². The standard InChI is InChI=1S/C19H15F3N2O2S2/c1-26-15-8-4-2-6-12(15)18-24-14(10-27-18)17(25)23-13-7-3-5-9-16(13)28-11-19(20,21)22/h2-10H,11H2,1H3,(H,23,25). The van der Waals surface area contributed by atoms with Gasteiger partial charge in [0, 0.05) is 10.3 Å². The van der Waals surface area contributed by atoms with Gasteiger partial charge < -0.3 is 10.1 Å². The Morgan fingerprint density at radius 2 is 1.89 bits per heavy atom. The minimum Gasteiger partial charge on any atom is -0.496 e. The second-order valence-corrected chi connectivity index (χ2v) is 7.47. The lowest BCUT2D eigenvalue weighted by atomic mass is 10.2. The summed E-state index contributed by atoms with van der Waals surface area (Å²) in [6, 6.07) is 13.7. The molecule has 146 valence electrons. The second-order valence-electron chi connectivity index (χ2n) is 5.59. The SMILES string of the molecule is COc1ccccc1-c1nc(C(=O)Nc2ccccc2SCC(F)(F)F)cs1. The molecule has 0 atom stereocenters. The summed E-state index contributed by atoms with van der Waals surface area (Å²) in [4.78, 5) is 17.2. The summed E-state index contributed by atoms with van der Waals surface area (Å²) < 4.78 is 42.8. The summed E-state index contributed by atoms with van der Waals surface area (Å²) in [5, 5.41) is 4.86. The van der Waals surface area contributed by atoms with Gasteiger partial charge in [-0.25, -0.2) is 4.98 Å². The molecule has 0 radical (unpaired) electrons. The fraction of sp³-hybridized carbons (Fsp3) is 0.158. The molecule has 3 aromatic rings. The van der Waals surface area contributed by atoms with E-state index < -0.39 is 17.8 Å². The maximum absolute atomic E-state index is 12.5. The van der Waals surface area contributed by atoms with Gasteiger partial charge in [0.05, 0.1) is 24.1 Å². The number of para-hydroxylation sites is 2. The summed E-state index contributed by atoms with van der Waals surface area (Å²) in [6.07, 6.45) is -4.29. The van der Waals surface area contributed by atoms with Crippen LogP contribution >= 0.6 is 23.1 Å². The van der Waals surface area contributed by atoms with Crippen LogP contribution < -0.4 is 10.1 Å². The minimum absolute atomic E-state index is 0.182. The number of methoxy groups -OCH3 is 1. The number of aromatic nitrogens is 1. The van der Waals surface area contributed by atoms with Crippen LogP contribution in [0.5, 0.6) is 5.75 Å². The number of ether oxygens (including phenoxy) is 1. The van der Waals surface area contributed by atoms with Crippen LogP contribution in [0.1, 0.15) is 10.5 Å². The van der Waals surface area contributed by atoms with Gasteiger partial charge in [-0.2, -0.15) is 13.2 Å². The third-order valence-electron chi connectivity index (χ3n) is 3.60. The first-order valence-corrected chi connectivity index (χ1v) is 9.93. The number of hydrogen-bond acceptors (Lipinski definition) is 5. The smallest absolute Gasteiger partial charge is 0.398 e. The van der Waals surface area contributed by atoms with Gasteiger partial charge in [0.2, 0.25) is 0 Å². The van der Waals surface area contributed by atoms with Crippen LogP contribution in [-0.2, 0) is 0 Å². The van der Waals surface area contributed by atoms with Crippen molar-refractivity contribution in [2.75, 3.05) is 18.2 Å². The summed E-state index contributed by atoms with van der Waals surface area (Å²) in [5.74, 6) is -0.885. The van der Waals surface area contributed by atoms with E-state index in [0.29, 0.717) is 33.1 Å². The Balaban J connectivity index is 1.77. The molecule has 3 rings (SSSR count). The normalized spacial score (nSPS) is 11.3. The van der Waals surface area contributed by atoms with Crippen LogP contribution in [0, 0.1) is 0 Å². The monoisotopic (exact) mass is 424 g/mol. The number of anilines is 1. The number of benzene rings is 2. The number of halogens is 3. The molecule has 0 aliphatic carbocycles. The summed E-state index contributed by atoms with van der Waals surface area (Å²) in [5.41, 5.74) is 1.25. The van der Waals surface area contributed by atoms with Crippen molar-refractivity contribution >= 4 is 34.7 Å². The van der Waals surface area contributed by atoms with Crippen molar-refractivity contribution in [2.24, 2.45) is 0 Å². The van der Waals surface area contributed by atoms with Crippen LogP contribution in [0.4, 0.5) is 18.9 Å². The first-order chi connectivity index (χ1) is 13.4. The summed E-state index contributed by atoms with van der Waals surface area (Å²) in [6.45, 7) is 0. The molecular formula is C19H15F3N2O2S2. The zero-order valence-corrected chi connectivity index (χ0v) is 16.3. The molecule has 2 aromatic carbocycles. The number of amides is 1. The Bertz CT molecular complexity index is 974. The molecule has 28 heavy (non-hydrogen) atoms. The van der Waals surface area contributed by atoms with Gasteiger partial charge in [0.1, 0.15) is 16.5 Å². The van der Waals surface area contributed by atoms with Crippen LogP contribution in [-0.4, -0.2) is 29.9 Å². The molecule has 0 fully saturated rings. The zero-order chi connectivity index (χ0) is 20.1. The lowest BCUT2D eigenvalue weighted by Crippen LogP contribution is -2.14. The van der Waals surface area contributed by atoms with Crippen LogP contribution in [0.25, 0.3) is 10.6 Å². The third kappa shape index (κ3) is 5.05. The second kappa shape index (κ2) is 8.66.